The highest BCUT2D eigenvalue weighted by molar-refractivity contribution is 7.91. The van der Waals surface area contributed by atoms with Gasteiger partial charge in [-0.1, -0.05) is 17.7 Å². The van der Waals surface area contributed by atoms with Crippen LogP contribution in [0.4, 0.5) is 0 Å². The Balaban J connectivity index is 2.11. The third-order valence-corrected chi connectivity index (χ3v) is 6.16. The summed E-state index contributed by atoms with van der Waals surface area (Å²) >= 11 is 0. The molecular formula is C19H25N3O5S. The van der Waals surface area contributed by atoms with Crippen LogP contribution < -0.4 is 10.6 Å². The number of nitrogens with one attached hydrogen (secondary N) is 2. The number of aryl methyl sites for hydroxylation is 1. The van der Waals surface area contributed by atoms with Crippen LogP contribution in [0.25, 0.3) is 0 Å². The largest absolute Gasteiger partial charge is 0.468 e. The van der Waals surface area contributed by atoms with Crippen molar-refractivity contribution in [1.82, 2.24) is 15.5 Å². The van der Waals surface area contributed by atoms with Crippen LogP contribution in [0.5, 0.6) is 0 Å². The molecule has 1 aromatic heterocycles. The number of furan rings is 1. The van der Waals surface area contributed by atoms with E-state index in [1.807, 2.05) is 25.9 Å². The van der Waals surface area contributed by atoms with Gasteiger partial charge in [-0.15, -0.1) is 0 Å². The third-order valence-electron chi connectivity index (χ3n) is 4.08. The molecule has 0 bridgehead atoms. The van der Waals surface area contributed by atoms with Gasteiger partial charge in [0.15, 0.2) is 9.84 Å². The van der Waals surface area contributed by atoms with Gasteiger partial charge in [0, 0.05) is 19.6 Å². The molecule has 2 N–H and O–H groups in total. The Kier molecular flexibility index (Phi) is 7.36. The van der Waals surface area contributed by atoms with Crippen molar-refractivity contribution in [2.24, 2.45) is 0 Å². The van der Waals surface area contributed by atoms with Crippen molar-refractivity contribution in [2.75, 3.05) is 33.7 Å². The van der Waals surface area contributed by atoms with Gasteiger partial charge in [-0.25, -0.2) is 8.42 Å². The zero-order chi connectivity index (χ0) is 20.7. The maximum atomic E-state index is 13.1. The molecule has 0 fully saturated rings. The smallest absolute Gasteiger partial charge is 0.309 e. The summed E-state index contributed by atoms with van der Waals surface area (Å²) in [7, 11) is -0.150. The van der Waals surface area contributed by atoms with Gasteiger partial charge in [0.25, 0.3) is 0 Å². The average Bonchev–Trinajstić information content (AvgIpc) is 3.15. The zero-order valence-corrected chi connectivity index (χ0v) is 17.0. The minimum Gasteiger partial charge on any atom is -0.468 e. The van der Waals surface area contributed by atoms with Crippen LogP contribution in [0.1, 0.15) is 16.6 Å². The van der Waals surface area contributed by atoms with E-state index in [-0.39, 0.29) is 17.2 Å². The second kappa shape index (κ2) is 9.52. The predicted octanol–water partition coefficient (Wildman–Crippen LogP) is 0.897. The molecule has 1 heterocycles. The topological polar surface area (TPSA) is 109 Å². The monoisotopic (exact) mass is 407 g/mol. The maximum Gasteiger partial charge on any atom is 0.309 e. The molecule has 0 saturated heterocycles. The quantitative estimate of drug-likeness (QED) is 0.630. The molecule has 2 amide bonds. The Labute approximate surface area is 164 Å². The lowest BCUT2D eigenvalue weighted by molar-refractivity contribution is -0.139. The summed E-state index contributed by atoms with van der Waals surface area (Å²) in [6.45, 7) is 2.46. The first-order valence-corrected chi connectivity index (χ1v) is 10.3. The number of likely N-dealkylation sites (N-methyl/N-ethyl adjacent to an activating group) is 1. The standard InChI is InChI=1S/C19H25N3O5S/c1-14-6-8-15(9-7-14)28(25,26)17(16-5-4-12-27-16)13-21-19(24)18(23)20-10-11-22(2)3/h4-9,12,17H,10-11,13H2,1-3H3,(H,20,23)(H,21,24)/t17-/m1/s1. The molecule has 0 spiro atoms. The van der Waals surface area contributed by atoms with Crippen molar-refractivity contribution in [3.8, 4) is 0 Å². The van der Waals surface area contributed by atoms with Crippen LogP contribution in [0.15, 0.2) is 52.0 Å². The summed E-state index contributed by atoms with van der Waals surface area (Å²) in [4.78, 5) is 25.9. The summed E-state index contributed by atoms with van der Waals surface area (Å²) in [5.74, 6) is -1.52. The van der Waals surface area contributed by atoms with E-state index in [2.05, 4.69) is 10.6 Å². The maximum absolute atomic E-state index is 13.1. The molecule has 2 aromatic rings. The second-order valence-electron chi connectivity index (χ2n) is 6.63. The Morgan fingerprint density at radius 1 is 1.07 bits per heavy atom. The highest BCUT2D eigenvalue weighted by atomic mass is 32.2. The van der Waals surface area contributed by atoms with Gasteiger partial charge in [0.1, 0.15) is 11.0 Å². The summed E-state index contributed by atoms with van der Waals surface area (Å²) in [6, 6.07) is 9.51. The Morgan fingerprint density at radius 2 is 1.71 bits per heavy atom. The normalized spacial score (nSPS) is 12.6. The van der Waals surface area contributed by atoms with Crippen molar-refractivity contribution in [3.05, 3.63) is 54.0 Å². The van der Waals surface area contributed by atoms with Gasteiger partial charge in [0.05, 0.1) is 11.2 Å². The van der Waals surface area contributed by atoms with E-state index in [0.717, 1.165) is 5.56 Å². The highest BCUT2D eigenvalue weighted by Crippen LogP contribution is 2.29. The van der Waals surface area contributed by atoms with Gasteiger partial charge in [-0.3, -0.25) is 9.59 Å². The lowest BCUT2D eigenvalue weighted by atomic mass is 10.2. The molecule has 28 heavy (non-hydrogen) atoms. The molecule has 2 rings (SSSR count). The van der Waals surface area contributed by atoms with Crippen molar-refractivity contribution in [2.45, 2.75) is 17.1 Å². The number of amides is 2. The Bertz CT molecular complexity index is 890. The van der Waals surface area contributed by atoms with E-state index in [4.69, 9.17) is 4.42 Å². The molecular weight excluding hydrogens is 382 g/mol. The molecule has 8 nitrogen and oxygen atoms in total. The molecule has 0 aliphatic carbocycles. The number of benzene rings is 1. The van der Waals surface area contributed by atoms with Crippen molar-refractivity contribution >= 4 is 21.7 Å². The number of carbonyl (C=O) groups is 2. The van der Waals surface area contributed by atoms with Gasteiger partial charge in [0.2, 0.25) is 0 Å². The third kappa shape index (κ3) is 5.67. The molecule has 0 saturated carbocycles. The van der Waals surface area contributed by atoms with Crippen LogP contribution in [0.3, 0.4) is 0 Å². The van der Waals surface area contributed by atoms with Crippen LogP contribution in [-0.2, 0) is 19.4 Å². The number of rotatable bonds is 8. The minimum absolute atomic E-state index is 0.115. The fourth-order valence-corrected chi connectivity index (χ4v) is 4.06. The fraction of sp³-hybridized carbons (Fsp3) is 0.368. The molecule has 0 radical (unpaired) electrons. The summed E-state index contributed by atoms with van der Waals surface area (Å²) in [5.41, 5.74) is 0.927. The first-order chi connectivity index (χ1) is 13.2. The molecule has 152 valence electrons. The molecule has 1 aromatic carbocycles. The Morgan fingerprint density at radius 3 is 2.29 bits per heavy atom. The number of sulfone groups is 1. The first-order valence-electron chi connectivity index (χ1n) is 8.76. The van der Waals surface area contributed by atoms with Crippen LogP contribution in [0.2, 0.25) is 0 Å². The fourth-order valence-electron chi connectivity index (χ4n) is 2.47. The van der Waals surface area contributed by atoms with E-state index < -0.39 is 26.9 Å². The van der Waals surface area contributed by atoms with Gasteiger partial charge in [-0.05, 0) is 45.3 Å². The number of carbonyl (C=O) groups excluding carboxylic acids is 2. The number of nitrogens with zero attached hydrogens (tertiary/aromatic N) is 1. The number of hydrogen-bond acceptors (Lipinski definition) is 6. The molecule has 0 unspecified atom stereocenters. The Hall–Kier alpha value is -2.65. The highest BCUT2D eigenvalue weighted by Gasteiger charge is 2.32. The second-order valence-corrected chi connectivity index (χ2v) is 8.76. The predicted molar refractivity (Wildman–Crippen MR) is 104 cm³/mol. The van der Waals surface area contributed by atoms with Crippen molar-refractivity contribution < 1.29 is 22.4 Å². The average molecular weight is 407 g/mol. The van der Waals surface area contributed by atoms with Gasteiger partial charge in [-0.2, -0.15) is 0 Å². The summed E-state index contributed by atoms with van der Waals surface area (Å²) in [5, 5.41) is 3.73. The lowest BCUT2D eigenvalue weighted by Crippen LogP contribution is -2.43. The van der Waals surface area contributed by atoms with Crippen molar-refractivity contribution in [3.63, 3.8) is 0 Å². The van der Waals surface area contributed by atoms with E-state index in [0.29, 0.717) is 13.1 Å². The van der Waals surface area contributed by atoms with Crippen LogP contribution in [0, 0.1) is 6.92 Å². The van der Waals surface area contributed by atoms with Crippen LogP contribution >= 0.6 is 0 Å². The summed E-state index contributed by atoms with van der Waals surface area (Å²) in [6.07, 6.45) is 1.36. The minimum atomic E-state index is -3.84. The number of hydrogen-bond donors (Lipinski definition) is 2. The molecule has 0 aliphatic heterocycles. The lowest BCUT2D eigenvalue weighted by Gasteiger charge is -2.17. The first kappa shape index (κ1) is 21.6. The van der Waals surface area contributed by atoms with E-state index in [1.165, 1.54) is 24.5 Å². The molecule has 0 aliphatic rings. The van der Waals surface area contributed by atoms with E-state index in [1.54, 1.807) is 18.2 Å². The molecule has 9 heteroatoms. The van der Waals surface area contributed by atoms with E-state index in [9.17, 15) is 18.0 Å². The summed E-state index contributed by atoms with van der Waals surface area (Å²) < 4.78 is 31.4. The molecule has 1 atom stereocenters. The van der Waals surface area contributed by atoms with Gasteiger partial charge >= 0.3 is 11.8 Å². The van der Waals surface area contributed by atoms with Gasteiger partial charge < -0.3 is 20.0 Å². The SMILES string of the molecule is Cc1ccc(S(=O)(=O)[C@H](CNC(=O)C(=O)NCCN(C)C)c2ccco2)cc1. The van der Waals surface area contributed by atoms with Crippen molar-refractivity contribution in [1.29, 1.82) is 0 Å². The van der Waals surface area contributed by atoms with E-state index >= 15 is 0 Å². The van der Waals surface area contributed by atoms with Crippen LogP contribution in [-0.4, -0.2) is 58.9 Å². The zero-order valence-electron chi connectivity index (χ0n) is 16.1.